The Balaban J connectivity index is 2.26. The summed E-state index contributed by atoms with van der Waals surface area (Å²) in [7, 11) is 3.56. The van der Waals surface area contributed by atoms with Crippen LogP contribution in [0.4, 0.5) is 0 Å². The third-order valence-corrected chi connectivity index (χ3v) is 4.15. The molecule has 0 heterocycles. The molecule has 0 saturated heterocycles. The highest BCUT2D eigenvalue weighted by molar-refractivity contribution is 5.17. The van der Waals surface area contributed by atoms with Crippen molar-refractivity contribution in [1.82, 2.24) is 0 Å². The number of methoxy groups -OCH3 is 2. The maximum absolute atomic E-state index is 5.65. The Morgan fingerprint density at radius 2 is 1.60 bits per heavy atom. The van der Waals surface area contributed by atoms with E-state index in [4.69, 9.17) is 9.47 Å². The third kappa shape index (κ3) is 9.98. The molecule has 0 aliphatic rings. The van der Waals surface area contributed by atoms with Crippen LogP contribution >= 0.6 is 0 Å². The summed E-state index contributed by atoms with van der Waals surface area (Å²) in [4.78, 5) is 0. The van der Waals surface area contributed by atoms with E-state index in [2.05, 4.69) is 54.9 Å². The van der Waals surface area contributed by atoms with Gasteiger partial charge in [-0.25, -0.2) is 0 Å². The number of ether oxygens (including phenoxy) is 2. The van der Waals surface area contributed by atoms with Crippen LogP contribution in [0.15, 0.2) is 30.3 Å². The van der Waals surface area contributed by atoms with Gasteiger partial charge >= 0.3 is 0 Å². The molecular formula is C23H32O2. The number of unbranched alkanes of at least 4 members (excludes halogenated alkanes) is 3. The van der Waals surface area contributed by atoms with Gasteiger partial charge in [-0.05, 0) is 31.2 Å². The van der Waals surface area contributed by atoms with E-state index in [9.17, 15) is 0 Å². The first-order chi connectivity index (χ1) is 12.3. The lowest BCUT2D eigenvalue weighted by molar-refractivity contribution is 0.0170. The van der Waals surface area contributed by atoms with Crippen molar-refractivity contribution in [3.05, 3.63) is 35.9 Å². The average Bonchev–Trinajstić information content (AvgIpc) is 2.66. The lowest BCUT2D eigenvalue weighted by atomic mass is 9.99. The first kappa shape index (κ1) is 21.3. The summed E-state index contributed by atoms with van der Waals surface area (Å²) >= 11 is 0. The molecule has 25 heavy (non-hydrogen) atoms. The lowest BCUT2D eigenvalue weighted by Crippen LogP contribution is -2.16. The number of hydrogen-bond donors (Lipinski definition) is 0. The molecule has 136 valence electrons. The van der Waals surface area contributed by atoms with Gasteiger partial charge < -0.3 is 9.47 Å². The average molecular weight is 341 g/mol. The van der Waals surface area contributed by atoms with Crippen LogP contribution in [0.1, 0.15) is 70.0 Å². The Morgan fingerprint density at radius 3 is 2.24 bits per heavy atom. The first-order valence-electron chi connectivity index (χ1n) is 9.33. The molecule has 2 nitrogen and oxygen atoms in total. The third-order valence-electron chi connectivity index (χ3n) is 4.15. The first-order valence-corrected chi connectivity index (χ1v) is 9.33. The predicted octanol–water partition coefficient (Wildman–Crippen LogP) is 5.54. The molecule has 0 aliphatic carbocycles. The molecule has 0 amide bonds. The second-order valence-corrected chi connectivity index (χ2v) is 6.11. The van der Waals surface area contributed by atoms with Crippen molar-refractivity contribution >= 4 is 0 Å². The second-order valence-electron chi connectivity index (χ2n) is 6.11. The van der Waals surface area contributed by atoms with Gasteiger partial charge in [0.1, 0.15) is 0 Å². The molecule has 0 spiro atoms. The van der Waals surface area contributed by atoms with Gasteiger partial charge in [-0.2, -0.15) is 0 Å². The Kier molecular flexibility index (Phi) is 12.4. The van der Waals surface area contributed by atoms with Crippen molar-refractivity contribution in [2.24, 2.45) is 0 Å². The molecule has 0 radical (unpaired) electrons. The highest BCUT2D eigenvalue weighted by Gasteiger charge is 2.17. The molecule has 2 atom stereocenters. The zero-order chi connectivity index (χ0) is 18.2. The summed E-state index contributed by atoms with van der Waals surface area (Å²) in [5.74, 6) is 12.6. The van der Waals surface area contributed by atoms with Crippen LogP contribution in [0.25, 0.3) is 0 Å². The van der Waals surface area contributed by atoms with Crippen LogP contribution in [0.3, 0.4) is 0 Å². The molecule has 0 aromatic heterocycles. The molecular weight excluding hydrogens is 308 g/mol. The van der Waals surface area contributed by atoms with E-state index >= 15 is 0 Å². The van der Waals surface area contributed by atoms with Crippen molar-refractivity contribution in [1.29, 1.82) is 0 Å². The van der Waals surface area contributed by atoms with Crippen LogP contribution in [0.5, 0.6) is 0 Å². The van der Waals surface area contributed by atoms with Gasteiger partial charge in [0, 0.05) is 33.5 Å². The molecule has 2 unspecified atom stereocenters. The molecule has 0 saturated carbocycles. The molecule has 1 rings (SSSR count). The Hall–Kier alpha value is -1.74. The highest BCUT2D eigenvalue weighted by atomic mass is 16.5. The van der Waals surface area contributed by atoms with Crippen molar-refractivity contribution in [2.75, 3.05) is 14.2 Å². The van der Waals surface area contributed by atoms with E-state index in [-0.39, 0.29) is 12.2 Å². The molecule has 2 heteroatoms. The minimum atomic E-state index is 0.0904. The van der Waals surface area contributed by atoms with Crippen LogP contribution < -0.4 is 0 Å². The Morgan fingerprint density at radius 1 is 0.880 bits per heavy atom. The van der Waals surface area contributed by atoms with Gasteiger partial charge in [0.15, 0.2) is 0 Å². The zero-order valence-electron chi connectivity index (χ0n) is 16.0. The maximum atomic E-state index is 5.65. The largest absolute Gasteiger partial charge is 0.381 e. The van der Waals surface area contributed by atoms with Crippen molar-refractivity contribution in [3.8, 4) is 23.7 Å². The fourth-order valence-electron chi connectivity index (χ4n) is 2.66. The standard InChI is InChI=1S/C23H32O2/c1-4-5-6-7-8-9-10-11-12-16-19-22(24-2)20-23(25-3)21-17-14-13-15-18-21/h13-15,17-18,22-23H,4-5,8,11-12,16,19-20H2,1-3H3. The summed E-state index contributed by atoms with van der Waals surface area (Å²) in [5.41, 5.74) is 1.21. The van der Waals surface area contributed by atoms with E-state index < -0.39 is 0 Å². The van der Waals surface area contributed by atoms with Gasteiger partial charge in [-0.15, -0.1) is 11.8 Å². The molecule has 0 fully saturated rings. The van der Waals surface area contributed by atoms with Crippen molar-refractivity contribution < 1.29 is 9.47 Å². The smallest absolute Gasteiger partial charge is 0.0845 e. The predicted molar refractivity (Wildman–Crippen MR) is 105 cm³/mol. The van der Waals surface area contributed by atoms with E-state index in [1.165, 1.54) is 5.56 Å². The minimum Gasteiger partial charge on any atom is -0.381 e. The Labute approximate surface area is 154 Å². The highest BCUT2D eigenvalue weighted by Crippen LogP contribution is 2.24. The fourth-order valence-corrected chi connectivity index (χ4v) is 2.66. The van der Waals surface area contributed by atoms with E-state index in [1.807, 2.05) is 6.07 Å². The topological polar surface area (TPSA) is 18.5 Å². The van der Waals surface area contributed by atoms with Gasteiger partial charge in [-0.1, -0.05) is 49.1 Å². The number of benzene rings is 1. The van der Waals surface area contributed by atoms with Crippen molar-refractivity contribution in [2.45, 2.75) is 70.5 Å². The van der Waals surface area contributed by atoms with Gasteiger partial charge in [-0.3, -0.25) is 0 Å². The molecule has 0 N–H and O–H groups in total. The quantitative estimate of drug-likeness (QED) is 0.411. The molecule has 1 aromatic carbocycles. The lowest BCUT2D eigenvalue weighted by Gasteiger charge is -2.22. The van der Waals surface area contributed by atoms with Gasteiger partial charge in [0.25, 0.3) is 0 Å². The molecule has 0 aliphatic heterocycles. The van der Waals surface area contributed by atoms with Crippen molar-refractivity contribution in [3.63, 3.8) is 0 Å². The summed E-state index contributed by atoms with van der Waals surface area (Å²) in [5, 5.41) is 0. The summed E-state index contributed by atoms with van der Waals surface area (Å²) in [6.45, 7) is 2.14. The normalized spacial score (nSPS) is 12.4. The van der Waals surface area contributed by atoms with E-state index in [1.54, 1.807) is 14.2 Å². The van der Waals surface area contributed by atoms with Crippen LogP contribution in [-0.2, 0) is 9.47 Å². The Bertz CT molecular complexity index is 556. The SMILES string of the molecule is CCCC#CCC#CCCCCC(CC(OC)c1ccccc1)OC. The van der Waals surface area contributed by atoms with E-state index in [0.29, 0.717) is 6.42 Å². The molecule has 0 bridgehead atoms. The monoisotopic (exact) mass is 340 g/mol. The van der Waals surface area contributed by atoms with Crippen LogP contribution in [0.2, 0.25) is 0 Å². The zero-order valence-corrected chi connectivity index (χ0v) is 16.0. The summed E-state index contributed by atoms with van der Waals surface area (Å²) < 4.78 is 11.3. The summed E-state index contributed by atoms with van der Waals surface area (Å²) in [6, 6.07) is 10.4. The maximum Gasteiger partial charge on any atom is 0.0845 e. The fraction of sp³-hybridized carbons (Fsp3) is 0.565. The van der Waals surface area contributed by atoms with Crippen LogP contribution in [0, 0.1) is 23.7 Å². The number of rotatable bonds is 10. The minimum absolute atomic E-state index is 0.0904. The summed E-state index contributed by atoms with van der Waals surface area (Å²) in [6.07, 6.45) is 8.22. The second kappa shape index (κ2) is 14.6. The van der Waals surface area contributed by atoms with E-state index in [0.717, 1.165) is 44.9 Å². The van der Waals surface area contributed by atoms with Gasteiger partial charge in [0.2, 0.25) is 0 Å². The van der Waals surface area contributed by atoms with Crippen LogP contribution in [-0.4, -0.2) is 20.3 Å². The van der Waals surface area contributed by atoms with Gasteiger partial charge in [0.05, 0.1) is 18.6 Å². The molecule has 1 aromatic rings. The number of hydrogen-bond acceptors (Lipinski definition) is 2.